The molecule has 1 heterocycles. The number of carboxylic acid groups (broad SMARTS) is 1. The number of aliphatic carboxylic acids is 1. The Morgan fingerprint density at radius 3 is 2.58 bits per heavy atom. The van der Waals surface area contributed by atoms with Crippen molar-refractivity contribution in [2.24, 2.45) is 0 Å². The Bertz CT molecular complexity index is 656. The van der Waals surface area contributed by atoms with E-state index in [-0.39, 0.29) is 6.54 Å². The molecule has 24 heavy (non-hydrogen) atoms. The van der Waals surface area contributed by atoms with Crippen molar-refractivity contribution in [1.82, 2.24) is 14.9 Å². The normalized spacial score (nSPS) is 11.1. The fraction of sp³-hybridized carbons (Fsp3) is 0.278. The number of nitrogens with one attached hydrogen (secondary N) is 1. The standard InChI is InChI=1S/C18H22N4O2/c1-2-22(10-6-9-15-7-4-3-5-8-15)14-16-11-19-18(20-12-16)21-13-17(23)24/h3-9,11-12H,2,10,13-14H2,1H3,(H,23,24)(H,19,20,21). The molecular weight excluding hydrogens is 304 g/mol. The summed E-state index contributed by atoms with van der Waals surface area (Å²) in [7, 11) is 0. The molecule has 0 bridgehead atoms. The van der Waals surface area contributed by atoms with E-state index >= 15 is 0 Å². The average molecular weight is 326 g/mol. The number of carbonyl (C=O) groups is 1. The number of hydrogen-bond donors (Lipinski definition) is 2. The van der Waals surface area contributed by atoms with E-state index in [1.54, 1.807) is 12.4 Å². The van der Waals surface area contributed by atoms with Gasteiger partial charge in [0.15, 0.2) is 0 Å². The molecule has 6 heteroatoms. The molecular formula is C18H22N4O2. The van der Waals surface area contributed by atoms with Crippen molar-refractivity contribution in [3.8, 4) is 0 Å². The summed E-state index contributed by atoms with van der Waals surface area (Å²) in [5.41, 5.74) is 2.18. The molecule has 126 valence electrons. The molecule has 0 amide bonds. The maximum atomic E-state index is 10.5. The fourth-order valence-corrected chi connectivity index (χ4v) is 2.15. The van der Waals surface area contributed by atoms with E-state index in [0.29, 0.717) is 5.95 Å². The lowest BCUT2D eigenvalue weighted by Crippen LogP contribution is -2.23. The van der Waals surface area contributed by atoms with Gasteiger partial charge >= 0.3 is 5.97 Å². The van der Waals surface area contributed by atoms with Crippen LogP contribution in [0.3, 0.4) is 0 Å². The second kappa shape index (κ2) is 9.42. The van der Waals surface area contributed by atoms with Gasteiger partial charge < -0.3 is 10.4 Å². The van der Waals surface area contributed by atoms with Gasteiger partial charge in [0.2, 0.25) is 5.95 Å². The maximum Gasteiger partial charge on any atom is 0.322 e. The van der Waals surface area contributed by atoms with Crippen LogP contribution in [0.4, 0.5) is 5.95 Å². The molecule has 0 radical (unpaired) electrons. The van der Waals surface area contributed by atoms with Crippen molar-refractivity contribution in [2.45, 2.75) is 13.5 Å². The first-order valence-corrected chi connectivity index (χ1v) is 7.88. The predicted molar refractivity (Wildman–Crippen MR) is 94.6 cm³/mol. The highest BCUT2D eigenvalue weighted by Crippen LogP contribution is 2.06. The molecule has 0 saturated carbocycles. The molecule has 6 nitrogen and oxygen atoms in total. The van der Waals surface area contributed by atoms with E-state index in [2.05, 4.69) is 51.4 Å². The molecule has 1 aromatic carbocycles. The summed E-state index contributed by atoms with van der Waals surface area (Å²) in [6.45, 7) is 4.42. The Morgan fingerprint density at radius 1 is 1.25 bits per heavy atom. The van der Waals surface area contributed by atoms with Crippen molar-refractivity contribution in [3.05, 3.63) is 59.9 Å². The summed E-state index contributed by atoms with van der Waals surface area (Å²) in [6, 6.07) is 10.2. The second-order valence-corrected chi connectivity index (χ2v) is 5.30. The first-order valence-electron chi connectivity index (χ1n) is 7.88. The average Bonchev–Trinajstić information content (AvgIpc) is 2.61. The number of hydrogen-bond acceptors (Lipinski definition) is 5. The number of nitrogens with zero attached hydrogens (tertiary/aromatic N) is 3. The van der Waals surface area contributed by atoms with Gasteiger partial charge in [-0.3, -0.25) is 9.69 Å². The first kappa shape index (κ1) is 17.6. The van der Waals surface area contributed by atoms with Crippen LogP contribution in [-0.4, -0.2) is 45.6 Å². The Kier molecular flexibility index (Phi) is 6.91. The molecule has 1 aromatic heterocycles. The summed E-state index contributed by atoms with van der Waals surface area (Å²) < 4.78 is 0. The van der Waals surface area contributed by atoms with Gasteiger partial charge in [-0.05, 0) is 12.1 Å². The maximum absolute atomic E-state index is 10.5. The van der Waals surface area contributed by atoms with Crippen molar-refractivity contribution >= 4 is 18.0 Å². The zero-order valence-corrected chi connectivity index (χ0v) is 13.7. The van der Waals surface area contributed by atoms with Crippen LogP contribution in [0.15, 0.2) is 48.8 Å². The minimum atomic E-state index is -0.940. The summed E-state index contributed by atoms with van der Waals surface area (Å²) >= 11 is 0. The summed E-state index contributed by atoms with van der Waals surface area (Å²) in [5.74, 6) is -0.613. The smallest absolute Gasteiger partial charge is 0.322 e. The summed E-state index contributed by atoms with van der Waals surface area (Å²) in [4.78, 5) is 21.0. The van der Waals surface area contributed by atoms with E-state index in [0.717, 1.165) is 25.2 Å². The van der Waals surface area contributed by atoms with Gasteiger partial charge in [-0.2, -0.15) is 0 Å². The minimum absolute atomic E-state index is 0.190. The van der Waals surface area contributed by atoms with Gasteiger partial charge in [-0.15, -0.1) is 0 Å². The molecule has 0 aliphatic heterocycles. The first-order chi connectivity index (χ1) is 11.7. The van der Waals surface area contributed by atoms with Crippen molar-refractivity contribution in [2.75, 3.05) is 25.0 Å². The Hall–Kier alpha value is -2.73. The highest BCUT2D eigenvalue weighted by molar-refractivity contribution is 5.71. The largest absolute Gasteiger partial charge is 0.480 e. The van der Waals surface area contributed by atoms with Crippen LogP contribution in [-0.2, 0) is 11.3 Å². The van der Waals surface area contributed by atoms with E-state index in [1.165, 1.54) is 5.56 Å². The SMILES string of the molecule is CCN(CC=Cc1ccccc1)Cc1cnc(NCC(=O)O)nc1. The molecule has 0 aliphatic carbocycles. The quantitative estimate of drug-likeness (QED) is 0.737. The number of rotatable bonds is 9. The van der Waals surface area contributed by atoms with Crippen molar-refractivity contribution in [3.63, 3.8) is 0 Å². The van der Waals surface area contributed by atoms with Gasteiger partial charge in [0, 0.05) is 31.0 Å². The third-order valence-electron chi connectivity index (χ3n) is 3.43. The zero-order chi connectivity index (χ0) is 17.2. The third-order valence-corrected chi connectivity index (χ3v) is 3.43. The molecule has 0 atom stereocenters. The van der Waals surface area contributed by atoms with Crippen molar-refractivity contribution in [1.29, 1.82) is 0 Å². The number of carboxylic acids is 1. The topological polar surface area (TPSA) is 78.4 Å². The Morgan fingerprint density at radius 2 is 1.96 bits per heavy atom. The highest BCUT2D eigenvalue weighted by Gasteiger charge is 2.04. The number of anilines is 1. The van der Waals surface area contributed by atoms with Crippen LogP contribution >= 0.6 is 0 Å². The third kappa shape index (κ3) is 6.18. The molecule has 0 spiro atoms. The zero-order valence-electron chi connectivity index (χ0n) is 13.7. The van der Waals surface area contributed by atoms with E-state index in [1.807, 2.05) is 18.2 Å². The van der Waals surface area contributed by atoms with Crippen LogP contribution in [0.5, 0.6) is 0 Å². The molecule has 0 aliphatic rings. The van der Waals surface area contributed by atoms with Crippen LogP contribution in [0, 0.1) is 0 Å². The highest BCUT2D eigenvalue weighted by atomic mass is 16.4. The number of aromatic nitrogens is 2. The molecule has 0 saturated heterocycles. The second-order valence-electron chi connectivity index (χ2n) is 5.30. The summed E-state index contributed by atoms with van der Waals surface area (Å²) in [5, 5.41) is 11.3. The molecule has 2 aromatic rings. The van der Waals surface area contributed by atoms with Gasteiger partial charge in [0.25, 0.3) is 0 Å². The van der Waals surface area contributed by atoms with Gasteiger partial charge in [-0.1, -0.05) is 49.4 Å². The Labute approximate surface area is 141 Å². The van der Waals surface area contributed by atoms with Crippen LogP contribution in [0.2, 0.25) is 0 Å². The molecule has 0 fully saturated rings. The number of likely N-dealkylation sites (N-methyl/N-ethyl adjacent to an activating group) is 1. The van der Waals surface area contributed by atoms with E-state index < -0.39 is 5.97 Å². The molecule has 2 N–H and O–H groups in total. The van der Waals surface area contributed by atoms with Gasteiger partial charge in [-0.25, -0.2) is 9.97 Å². The summed E-state index contributed by atoms with van der Waals surface area (Å²) in [6.07, 6.45) is 7.70. The van der Waals surface area contributed by atoms with Gasteiger partial charge in [0.1, 0.15) is 6.54 Å². The van der Waals surface area contributed by atoms with E-state index in [4.69, 9.17) is 5.11 Å². The monoisotopic (exact) mass is 326 g/mol. The van der Waals surface area contributed by atoms with Crippen molar-refractivity contribution < 1.29 is 9.90 Å². The fourth-order valence-electron chi connectivity index (χ4n) is 2.15. The van der Waals surface area contributed by atoms with E-state index in [9.17, 15) is 4.79 Å². The Balaban J connectivity index is 1.85. The minimum Gasteiger partial charge on any atom is -0.480 e. The van der Waals surface area contributed by atoms with Crippen LogP contribution in [0.25, 0.3) is 6.08 Å². The van der Waals surface area contributed by atoms with Gasteiger partial charge in [0.05, 0.1) is 0 Å². The lowest BCUT2D eigenvalue weighted by molar-refractivity contribution is -0.134. The van der Waals surface area contributed by atoms with Crippen LogP contribution < -0.4 is 5.32 Å². The molecule has 0 unspecified atom stereocenters. The number of benzene rings is 1. The lowest BCUT2D eigenvalue weighted by atomic mass is 10.2. The lowest BCUT2D eigenvalue weighted by Gasteiger charge is -2.18. The predicted octanol–water partition coefficient (Wildman–Crippen LogP) is 2.51. The van der Waals surface area contributed by atoms with Crippen LogP contribution in [0.1, 0.15) is 18.1 Å². The molecule has 2 rings (SSSR count).